The highest BCUT2D eigenvalue weighted by molar-refractivity contribution is 5.37. The van der Waals surface area contributed by atoms with Crippen LogP contribution in [-0.2, 0) is 9.47 Å². The smallest absolute Gasteiger partial charge is 0.157 e. The van der Waals surface area contributed by atoms with Gasteiger partial charge in [0.25, 0.3) is 0 Å². The largest absolute Gasteiger partial charge is 0.389 e. The van der Waals surface area contributed by atoms with Crippen molar-refractivity contribution < 1.29 is 14.6 Å². The summed E-state index contributed by atoms with van der Waals surface area (Å²) in [5, 5.41) is 10.4. The minimum atomic E-state index is -0.410. The van der Waals surface area contributed by atoms with Gasteiger partial charge in [0.1, 0.15) is 0 Å². The Morgan fingerprint density at radius 1 is 1.39 bits per heavy atom. The van der Waals surface area contributed by atoms with Crippen LogP contribution in [0.4, 0.5) is 0 Å². The van der Waals surface area contributed by atoms with Crippen LogP contribution in [0, 0.1) is 11.3 Å². The normalized spacial score (nSPS) is 28.3. The number of aliphatic hydroxyl groups is 1. The molecule has 1 aliphatic rings. The average molecular weight is 322 g/mol. The molecule has 0 radical (unpaired) electrons. The van der Waals surface area contributed by atoms with Gasteiger partial charge in [0.15, 0.2) is 6.29 Å². The number of hydrogen-bond acceptors (Lipinski definition) is 3. The van der Waals surface area contributed by atoms with E-state index in [0.717, 1.165) is 36.0 Å². The van der Waals surface area contributed by atoms with Gasteiger partial charge in [0.05, 0.1) is 6.10 Å². The van der Waals surface area contributed by atoms with Gasteiger partial charge in [-0.15, -0.1) is 0 Å². The Kier molecular flexibility index (Phi) is 7.72. The third-order valence-electron chi connectivity index (χ3n) is 5.17. The molecule has 0 saturated carbocycles. The number of allylic oxidation sites excluding steroid dienone is 3. The fraction of sp³-hybridized carbons (Fsp3) is 0.700. The van der Waals surface area contributed by atoms with Crippen molar-refractivity contribution in [3.8, 4) is 0 Å². The summed E-state index contributed by atoms with van der Waals surface area (Å²) in [6, 6.07) is 0. The Hall–Kier alpha value is -0.900. The topological polar surface area (TPSA) is 38.7 Å². The van der Waals surface area contributed by atoms with Crippen LogP contribution < -0.4 is 0 Å². The van der Waals surface area contributed by atoms with E-state index in [1.807, 2.05) is 26.8 Å². The van der Waals surface area contributed by atoms with Gasteiger partial charge in [0, 0.05) is 13.2 Å². The van der Waals surface area contributed by atoms with Crippen molar-refractivity contribution in [2.75, 3.05) is 13.2 Å². The van der Waals surface area contributed by atoms with Crippen LogP contribution in [0.15, 0.2) is 36.0 Å². The zero-order valence-electron chi connectivity index (χ0n) is 15.5. The van der Waals surface area contributed by atoms with Crippen molar-refractivity contribution >= 4 is 0 Å². The third-order valence-corrected chi connectivity index (χ3v) is 5.17. The highest BCUT2D eigenvalue weighted by atomic mass is 16.7. The van der Waals surface area contributed by atoms with Gasteiger partial charge in [0.2, 0.25) is 0 Å². The molecule has 0 aromatic heterocycles. The summed E-state index contributed by atoms with van der Waals surface area (Å²) in [7, 11) is 0. The lowest BCUT2D eigenvalue weighted by molar-refractivity contribution is -0.143. The summed E-state index contributed by atoms with van der Waals surface area (Å²) in [4.78, 5) is 0. The lowest BCUT2D eigenvalue weighted by atomic mass is 9.59. The Bertz CT molecular complexity index is 446. The molecule has 23 heavy (non-hydrogen) atoms. The molecule has 0 unspecified atom stereocenters. The van der Waals surface area contributed by atoms with Gasteiger partial charge in [-0.05, 0) is 69.4 Å². The van der Waals surface area contributed by atoms with Crippen molar-refractivity contribution in [2.45, 2.75) is 66.3 Å². The van der Waals surface area contributed by atoms with Crippen LogP contribution in [0.25, 0.3) is 0 Å². The quantitative estimate of drug-likeness (QED) is 0.497. The molecule has 1 N–H and O–H groups in total. The molecule has 132 valence electrons. The summed E-state index contributed by atoms with van der Waals surface area (Å²) in [6.45, 7) is 19.8. The van der Waals surface area contributed by atoms with Gasteiger partial charge >= 0.3 is 0 Å². The van der Waals surface area contributed by atoms with E-state index >= 15 is 0 Å². The van der Waals surface area contributed by atoms with E-state index in [1.165, 1.54) is 0 Å². The van der Waals surface area contributed by atoms with Crippen molar-refractivity contribution in [1.29, 1.82) is 0 Å². The molecule has 0 bridgehead atoms. The van der Waals surface area contributed by atoms with E-state index in [0.29, 0.717) is 13.2 Å². The molecule has 0 spiro atoms. The molecule has 3 nitrogen and oxygen atoms in total. The zero-order valence-corrected chi connectivity index (χ0v) is 15.5. The molecule has 1 rings (SSSR count). The molecule has 3 heteroatoms. The first kappa shape index (κ1) is 20.1. The number of aliphatic hydroxyl groups excluding tert-OH is 1. The Morgan fingerprint density at radius 3 is 2.39 bits per heavy atom. The monoisotopic (exact) mass is 322 g/mol. The molecule has 0 fully saturated rings. The van der Waals surface area contributed by atoms with Crippen molar-refractivity contribution in [3.05, 3.63) is 36.0 Å². The van der Waals surface area contributed by atoms with E-state index in [1.54, 1.807) is 0 Å². The SMILES string of the molecule is C=CC1=C(C)[C@@H](O)C[C@H](C(=C)C)[C@@]1(C)CCC(OCC)OCC. The maximum Gasteiger partial charge on any atom is 0.157 e. The summed E-state index contributed by atoms with van der Waals surface area (Å²) in [6.07, 6.45) is 3.79. The fourth-order valence-electron chi connectivity index (χ4n) is 3.93. The molecule has 1 aliphatic carbocycles. The van der Waals surface area contributed by atoms with Crippen molar-refractivity contribution in [3.63, 3.8) is 0 Å². The van der Waals surface area contributed by atoms with E-state index < -0.39 is 6.10 Å². The van der Waals surface area contributed by atoms with Crippen LogP contribution in [0.2, 0.25) is 0 Å². The highest BCUT2D eigenvalue weighted by Crippen LogP contribution is 2.51. The van der Waals surface area contributed by atoms with E-state index in [4.69, 9.17) is 9.47 Å². The maximum absolute atomic E-state index is 10.4. The summed E-state index contributed by atoms with van der Waals surface area (Å²) in [5.74, 6) is 0.234. The van der Waals surface area contributed by atoms with E-state index in [2.05, 4.69) is 27.0 Å². The molecular formula is C20H34O3. The summed E-state index contributed by atoms with van der Waals surface area (Å²) in [5.41, 5.74) is 3.20. The van der Waals surface area contributed by atoms with Gasteiger partial charge in [-0.2, -0.15) is 0 Å². The predicted octanol–water partition coefficient (Wildman–Crippen LogP) is 4.63. The molecule has 0 heterocycles. The molecule has 0 aliphatic heterocycles. The second-order valence-corrected chi connectivity index (χ2v) is 6.75. The van der Waals surface area contributed by atoms with Crippen LogP contribution in [0.1, 0.15) is 53.9 Å². The minimum Gasteiger partial charge on any atom is -0.389 e. The zero-order chi connectivity index (χ0) is 17.6. The average Bonchev–Trinajstić information content (AvgIpc) is 2.49. The lowest BCUT2D eigenvalue weighted by Gasteiger charge is -2.46. The van der Waals surface area contributed by atoms with E-state index in [9.17, 15) is 5.11 Å². The van der Waals surface area contributed by atoms with Gasteiger partial charge in [-0.25, -0.2) is 0 Å². The molecule has 0 saturated heterocycles. The number of rotatable bonds is 9. The Morgan fingerprint density at radius 2 is 1.96 bits per heavy atom. The lowest BCUT2D eigenvalue weighted by Crippen LogP contribution is -2.39. The minimum absolute atomic E-state index is 0.0939. The van der Waals surface area contributed by atoms with Gasteiger partial charge in [-0.1, -0.05) is 31.7 Å². The first-order valence-electron chi connectivity index (χ1n) is 8.72. The third kappa shape index (κ3) is 4.56. The molecule has 0 aromatic carbocycles. The van der Waals surface area contributed by atoms with E-state index in [-0.39, 0.29) is 17.6 Å². The second kappa shape index (κ2) is 8.81. The van der Waals surface area contributed by atoms with Crippen LogP contribution in [0.3, 0.4) is 0 Å². The van der Waals surface area contributed by atoms with Crippen molar-refractivity contribution in [2.24, 2.45) is 11.3 Å². The fourth-order valence-corrected chi connectivity index (χ4v) is 3.93. The van der Waals surface area contributed by atoms with Gasteiger partial charge in [-0.3, -0.25) is 0 Å². The number of ether oxygens (including phenoxy) is 2. The Labute approximate surface area is 142 Å². The van der Waals surface area contributed by atoms with Crippen LogP contribution in [0.5, 0.6) is 0 Å². The van der Waals surface area contributed by atoms with Crippen LogP contribution >= 0.6 is 0 Å². The standard InChI is InChI=1S/C20H34O3/c1-8-16-15(6)18(21)13-17(14(4)5)20(16,7)12-11-19(22-9-2)23-10-3/h8,17-19,21H,1,4,9-13H2,2-3,5-7H3/t17-,18+,20+/m1/s1. The summed E-state index contributed by atoms with van der Waals surface area (Å²) >= 11 is 0. The molecule has 0 amide bonds. The predicted molar refractivity (Wildman–Crippen MR) is 96.2 cm³/mol. The first-order valence-corrected chi connectivity index (χ1v) is 8.72. The van der Waals surface area contributed by atoms with Crippen LogP contribution in [-0.4, -0.2) is 30.7 Å². The highest BCUT2D eigenvalue weighted by Gasteiger charge is 2.43. The number of hydrogen-bond donors (Lipinski definition) is 1. The maximum atomic E-state index is 10.4. The van der Waals surface area contributed by atoms with Gasteiger partial charge < -0.3 is 14.6 Å². The van der Waals surface area contributed by atoms with Crippen molar-refractivity contribution in [1.82, 2.24) is 0 Å². The first-order chi connectivity index (χ1) is 10.8. The Balaban J connectivity index is 3.07. The summed E-state index contributed by atoms with van der Waals surface area (Å²) < 4.78 is 11.4. The molecule has 3 atom stereocenters. The molecule has 0 aromatic rings. The second-order valence-electron chi connectivity index (χ2n) is 6.75. The molecular weight excluding hydrogens is 288 g/mol.